The molecule has 2 aromatic carbocycles. The van der Waals surface area contributed by atoms with Crippen LogP contribution >= 0.6 is 0 Å². The fourth-order valence-corrected chi connectivity index (χ4v) is 2.66. The third kappa shape index (κ3) is 3.53. The number of nitrogens with zero attached hydrogens (tertiary/aromatic N) is 1. The Balaban J connectivity index is 1.72. The van der Waals surface area contributed by atoms with E-state index in [4.69, 9.17) is 4.74 Å². The van der Waals surface area contributed by atoms with Crippen LogP contribution in [0.3, 0.4) is 0 Å². The van der Waals surface area contributed by atoms with E-state index >= 15 is 0 Å². The van der Waals surface area contributed by atoms with Crippen LogP contribution in [-0.4, -0.2) is 25.0 Å². The maximum atomic E-state index is 13.2. The maximum Gasteiger partial charge on any atom is 0.228 e. The lowest BCUT2D eigenvalue weighted by Gasteiger charge is -2.29. The van der Waals surface area contributed by atoms with Gasteiger partial charge in [0.2, 0.25) is 11.8 Å². The number of anilines is 2. The molecule has 0 unspecified atom stereocenters. The molecule has 1 aliphatic heterocycles. The average Bonchev–Trinajstić information content (AvgIpc) is 2.53. The molecule has 0 aliphatic carbocycles. The van der Waals surface area contributed by atoms with E-state index in [-0.39, 0.29) is 24.1 Å². The van der Waals surface area contributed by atoms with Crippen molar-refractivity contribution in [2.75, 3.05) is 23.4 Å². The first-order chi connectivity index (χ1) is 11.5. The van der Waals surface area contributed by atoms with E-state index in [1.807, 2.05) is 0 Å². The molecule has 5 nitrogen and oxygen atoms in total. The van der Waals surface area contributed by atoms with Crippen molar-refractivity contribution in [1.29, 1.82) is 0 Å². The van der Waals surface area contributed by atoms with E-state index in [1.54, 1.807) is 35.2 Å². The van der Waals surface area contributed by atoms with E-state index in [2.05, 4.69) is 5.32 Å². The number of rotatable bonds is 3. The van der Waals surface area contributed by atoms with E-state index in [0.717, 1.165) is 0 Å². The van der Waals surface area contributed by atoms with Crippen molar-refractivity contribution in [3.63, 3.8) is 0 Å². The van der Waals surface area contributed by atoms with Gasteiger partial charge < -0.3 is 15.0 Å². The number of ether oxygens (including phenoxy) is 1. The lowest BCUT2D eigenvalue weighted by atomic mass is 10.1. The molecule has 2 aromatic rings. The number of nitrogens with one attached hydrogen (secondary N) is 1. The SMILES string of the molecule is CC(=O)N1CCOc2cc(NC(=O)Cc3cccc(F)c3)ccc21. The van der Waals surface area contributed by atoms with Crippen LogP contribution in [0, 0.1) is 5.82 Å². The van der Waals surface area contributed by atoms with Crippen molar-refractivity contribution in [1.82, 2.24) is 0 Å². The zero-order chi connectivity index (χ0) is 17.1. The molecule has 1 aliphatic rings. The summed E-state index contributed by atoms with van der Waals surface area (Å²) in [6.45, 7) is 2.42. The molecule has 0 aromatic heterocycles. The lowest BCUT2D eigenvalue weighted by molar-refractivity contribution is -0.117. The first kappa shape index (κ1) is 16.0. The summed E-state index contributed by atoms with van der Waals surface area (Å²) in [5.41, 5.74) is 1.86. The van der Waals surface area contributed by atoms with Crippen LogP contribution in [0.1, 0.15) is 12.5 Å². The average molecular weight is 328 g/mol. The quantitative estimate of drug-likeness (QED) is 0.942. The fraction of sp³-hybridized carbons (Fsp3) is 0.222. The number of hydrogen-bond acceptors (Lipinski definition) is 3. The Hall–Kier alpha value is -2.89. The molecule has 0 atom stereocenters. The van der Waals surface area contributed by atoms with E-state index < -0.39 is 0 Å². The summed E-state index contributed by atoms with van der Waals surface area (Å²) in [6, 6.07) is 11.1. The number of amides is 2. The van der Waals surface area contributed by atoms with Crippen LogP contribution in [0.5, 0.6) is 5.75 Å². The maximum absolute atomic E-state index is 13.2. The highest BCUT2D eigenvalue weighted by atomic mass is 19.1. The molecule has 0 fully saturated rings. The van der Waals surface area contributed by atoms with E-state index in [1.165, 1.54) is 19.1 Å². The van der Waals surface area contributed by atoms with Gasteiger partial charge in [0.05, 0.1) is 18.7 Å². The molecular weight excluding hydrogens is 311 g/mol. The molecule has 0 radical (unpaired) electrons. The monoisotopic (exact) mass is 328 g/mol. The number of carbonyl (C=O) groups is 2. The second-order valence-corrected chi connectivity index (χ2v) is 5.56. The number of benzene rings is 2. The summed E-state index contributed by atoms with van der Waals surface area (Å²) in [5, 5.41) is 2.76. The normalized spacial score (nSPS) is 13.0. The summed E-state index contributed by atoms with van der Waals surface area (Å²) < 4.78 is 18.7. The smallest absolute Gasteiger partial charge is 0.228 e. The highest BCUT2D eigenvalue weighted by Crippen LogP contribution is 2.34. The molecule has 6 heteroatoms. The summed E-state index contributed by atoms with van der Waals surface area (Å²) >= 11 is 0. The van der Waals surface area contributed by atoms with E-state index in [9.17, 15) is 14.0 Å². The summed E-state index contributed by atoms with van der Waals surface area (Å²) in [7, 11) is 0. The Labute approximate surface area is 139 Å². The number of halogens is 1. The van der Waals surface area contributed by atoms with Crippen LogP contribution in [0.4, 0.5) is 15.8 Å². The molecule has 3 rings (SSSR count). The molecular formula is C18H17FN2O3. The number of fused-ring (bicyclic) bond motifs is 1. The summed E-state index contributed by atoms with van der Waals surface area (Å²) in [6.07, 6.45) is 0.0786. The van der Waals surface area contributed by atoms with Crippen LogP contribution in [0.15, 0.2) is 42.5 Å². The molecule has 124 valence electrons. The fourth-order valence-electron chi connectivity index (χ4n) is 2.66. The van der Waals surface area contributed by atoms with Crippen LogP contribution in [-0.2, 0) is 16.0 Å². The third-order valence-corrected chi connectivity index (χ3v) is 3.74. The summed E-state index contributed by atoms with van der Waals surface area (Å²) in [5.74, 6) is -0.117. The minimum atomic E-state index is -0.369. The topological polar surface area (TPSA) is 58.6 Å². The van der Waals surface area contributed by atoms with Gasteiger partial charge in [-0.2, -0.15) is 0 Å². The molecule has 0 bridgehead atoms. The van der Waals surface area contributed by atoms with Gasteiger partial charge in [0, 0.05) is 18.7 Å². The first-order valence-electron chi connectivity index (χ1n) is 7.62. The highest BCUT2D eigenvalue weighted by molar-refractivity contribution is 5.96. The molecule has 24 heavy (non-hydrogen) atoms. The number of hydrogen-bond donors (Lipinski definition) is 1. The standard InChI is InChI=1S/C18H17FN2O3/c1-12(22)21-7-8-24-17-11-15(5-6-16(17)21)20-18(23)10-13-3-2-4-14(19)9-13/h2-6,9,11H,7-8,10H2,1H3,(H,20,23). The Kier molecular flexibility index (Phi) is 4.46. The zero-order valence-corrected chi connectivity index (χ0v) is 13.2. The van der Waals surface area contributed by atoms with Crippen molar-refractivity contribution < 1.29 is 18.7 Å². The molecule has 2 amide bonds. The van der Waals surface area contributed by atoms with Crippen molar-refractivity contribution in [3.8, 4) is 5.75 Å². The molecule has 1 N–H and O–H groups in total. The largest absolute Gasteiger partial charge is 0.489 e. The predicted octanol–water partition coefficient (Wildman–Crippen LogP) is 2.75. The van der Waals surface area contributed by atoms with Gasteiger partial charge in [-0.3, -0.25) is 9.59 Å². The molecule has 1 heterocycles. The lowest BCUT2D eigenvalue weighted by Crippen LogP contribution is -2.36. The van der Waals surface area contributed by atoms with Gasteiger partial charge >= 0.3 is 0 Å². The second kappa shape index (κ2) is 6.70. The molecule has 0 saturated heterocycles. The zero-order valence-electron chi connectivity index (χ0n) is 13.2. The van der Waals surface area contributed by atoms with Crippen molar-refractivity contribution in [3.05, 3.63) is 53.8 Å². The van der Waals surface area contributed by atoms with Gasteiger partial charge in [-0.05, 0) is 29.8 Å². The van der Waals surface area contributed by atoms with Gasteiger partial charge in [-0.15, -0.1) is 0 Å². The highest BCUT2D eigenvalue weighted by Gasteiger charge is 2.21. The third-order valence-electron chi connectivity index (χ3n) is 3.74. The van der Waals surface area contributed by atoms with Crippen LogP contribution < -0.4 is 15.0 Å². The van der Waals surface area contributed by atoms with Gasteiger partial charge in [0.1, 0.15) is 18.2 Å². The number of carbonyl (C=O) groups excluding carboxylic acids is 2. The Morgan fingerprint density at radius 2 is 2.08 bits per heavy atom. The summed E-state index contributed by atoms with van der Waals surface area (Å²) in [4.78, 5) is 25.4. The Morgan fingerprint density at radius 1 is 1.25 bits per heavy atom. The molecule has 0 spiro atoms. The van der Waals surface area contributed by atoms with Crippen LogP contribution in [0.25, 0.3) is 0 Å². The predicted molar refractivity (Wildman–Crippen MR) is 88.7 cm³/mol. The van der Waals surface area contributed by atoms with Crippen molar-refractivity contribution in [2.24, 2.45) is 0 Å². The van der Waals surface area contributed by atoms with E-state index in [0.29, 0.717) is 35.8 Å². The second-order valence-electron chi connectivity index (χ2n) is 5.56. The minimum Gasteiger partial charge on any atom is -0.489 e. The van der Waals surface area contributed by atoms with Gasteiger partial charge in [-0.1, -0.05) is 12.1 Å². The van der Waals surface area contributed by atoms with Crippen molar-refractivity contribution in [2.45, 2.75) is 13.3 Å². The minimum absolute atomic E-state index is 0.0533. The Morgan fingerprint density at radius 3 is 2.83 bits per heavy atom. The van der Waals surface area contributed by atoms with Crippen LogP contribution in [0.2, 0.25) is 0 Å². The van der Waals surface area contributed by atoms with Crippen molar-refractivity contribution >= 4 is 23.2 Å². The van der Waals surface area contributed by atoms with Gasteiger partial charge in [0.25, 0.3) is 0 Å². The Bertz CT molecular complexity index is 792. The first-order valence-corrected chi connectivity index (χ1v) is 7.62. The molecule has 0 saturated carbocycles. The van der Waals surface area contributed by atoms with Gasteiger partial charge in [-0.25, -0.2) is 4.39 Å². The van der Waals surface area contributed by atoms with Gasteiger partial charge in [0.15, 0.2) is 0 Å².